The predicted octanol–water partition coefficient (Wildman–Crippen LogP) is 1.96. The van der Waals surface area contributed by atoms with Crippen LogP contribution in [0.2, 0.25) is 0 Å². The fourth-order valence-electron chi connectivity index (χ4n) is 1.59. The molecule has 1 rings (SSSR count). The highest BCUT2D eigenvalue weighted by Crippen LogP contribution is 2.08. The maximum absolute atomic E-state index is 11.5. The maximum atomic E-state index is 11.5. The van der Waals surface area contributed by atoms with Crippen LogP contribution in [-0.2, 0) is 16.0 Å². The third kappa shape index (κ3) is 4.38. The molecule has 5 heteroatoms. The highest BCUT2D eigenvalue weighted by atomic mass is 127. The standard InChI is InChI=1S/C13H16INO3/c1-9(16)11-5-3-10(4-6-11)7-12(15-8-14)13(17)18-2/h3-6,12,15H,7-8H2,1-2H3. The number of benzene rings is 1. The zero-order chi connectivity index (χ0) is 13.5. The number of hydrogen-bond acceptors (Lipinski definition) is 4. The Morgan fingerprint density at radius 2 is 1.94 bits per heavy atom. The minimum Gasteiger partial charge on any atom is -0.468 e. The largest absolute Gasteiger partial charge is 0.468 e. The number of halogens is 1. The summed E-state index contributed by atoms with van der Waals surface area (Å²) in [6.45, 7) is 1.53. The lowest BCUT2D eigenvalue weighted by Gasteiger charge is -2.14. The number of ether oxygens (including phenoxy) is 1. The Hall–Kier alpha value is -0.950. The number of rotatable bonds is 6. The normalized spacial score (nSPS) is 11.9. The van der Waals surface area contributed by atoms with Gasteiger partial charge in [-0.15, -0.1) is 0 Å². The van der Waals surface area contributed by atoms with Gasteiger partial charge in [-0.25, -0.2) is 0 Å². The molecule has 4 nitrogen and oxygen atoms in total. The first-order valence-electron chi connectivity index (χ1n) is 5.55. The van der Waals surface area contributed by atoms with Gasteiger partial charge < -0.3 is 4.74 Å². The van der Waals surface area contributed by atoms with Gasteiger partial charge in [0.1, 0.15) is 6.04 Å². The number of ketones is 1. The maximum Gasteiger partial charge on any atom is 0.323 e. The Balaban J connectivity index is 2.74. The quantitative estimate of drug-likeness (QED) is 0.277. The van der Waals surface area contributed by atoms with E-state index in [9.17, 15) is 9.59 Å². The smallest absolute Gasteiger partial charge is 0.323 e. The van der Waals surface area contributed by atoms with Crippen LogP contribution in [0.25, 0.3) is 0 Å². The van der Waals surface area contributed by atoms with Gasteiger partial charge in [-0.05, 0) is 18.9 Å². The zero-order valence-electron chi connectivity index (χ0n) is 10.4. The third-order valence-corrected chi connectivity index (χ3v) is 3.05. The molecule has 0 radical (unpaired) electrons. The van der Waals surface area contributed by atoms with Gasteiger partial charge in [0.2, 0.25) is 0 Å². The van der Waals surface area contributed by atoms with Gasteiger partial charge in [0, 0.05) is 10.1 Å². The molecule has 18 heavy (non-hydrogen) atoms. The van der Waals surface area contributed by atoms with Gasteiger partial charge in [0.15, 0.2) is 5.78 Å². The molecule has 0 amide bonds. The molecule has 1 unspecified atom stereocenters. The second-order valence-electron chi connectivity index (χ2n) is 3.87. The summed E-state index contributed by atoms with van der Waals surface area (Å²) in [5, 5.41) is 3.06. The molecule has 0 aliphatic rings. The van der Waals surface area contributed by atoms with E-state index in [-0.39, 0.29) is 17.8 Å². The van der Waals surface area contributed by atoms with Crippen molar-refractivity contribution in [1.82, 2.24) is 5.32 Å². The molecular weight excluding hydrogens is 345 g/mol. The van der Waals surface area contributed by atoms with E-state index in [1.807, 2.05) is 12.1 Å². The van der Waals surface area contributed by atoms with Crippen LogP contribution in [0.15, 0.2) is 24.3 Å². The van der Waals surface area contributed by atoms with E-state index in [0.29, 0.717) is 16.5 Å². The van der Waals surface area contributed by atoms with E-state index >= 15 is 0 Å². The third-order valence-electron chi connectivity index (χ3n) is 2.61. The van der Waals surface area contributed by atoms with Gasteiger partial charge in [-0.1, -0.05) is 46.9 Å². The minimum absolute atomic E-state index is 0.0384. The van der Waals surface area contributed by atoms with Crippen molar-refractivity contribution in [3.05, 3.63) is 35.4 Å². The summed E-state index contributed by atoms with van der Waals surface area (Å²) in [6, 6.07) is 6.92. The number of hydrogen-bond donors (Lipinski definition) is 1. The monoisotopic (exact) mass is 361 g/mol. The van der Waals surface area contributed by atoms with E-state index in [2.05, 4.69) is 27.9 Å². The number of alkyl halides is 1. The molecule has 0 fully saturated rings. The van der Waals surface area contributed by atoms with E-state index in [1.165, 1.54) is 14.0 Å². The number of esters is 1. The Bertz CT molecular complexity index is 417. The Morgan fingerprint density at radius 3 is 2.39 bits per heavy atom. The lowest BCUT2D eigenvalue weighted by atomic mass is 10.0. The second kappa shape index (κ2) is 7.48. The van der Waals surface area contributed by atoms with Crippen molar-refractivity contribution < 1.29 is 14.3 Å². The zero-order valence-corrected chi connectivity index (χ0v) is 12.6. The molecule has 1 aromatic rings. The predicted molar refractivity (Wildman–Crippen MR) is 78.0 cm³/mol. The molecule has 0 aliphatic carbocycles. The van der Waals surface area contributed by atoms with Crippen LogP contribution in [0.3, 0.4) is 0 Å². The lowest BCUT2D eigenvalue weighted by Crippen LogP contribution is -2.38. The number of nitrogens with one attached hydrogen (secondary N) is 1. The average Bonchev–Trinajstić information content (AvgIpc) is 2.38. The topological polar surface area (TPSA) is 55.4 Å². The minimum atomic E-state index is -0.352. The fourth-order valence-corrected chi connectivity index (χ4v) is 2.12. The molecule has 1 atom stereocenters. The summed E-state index contributed by atoms with van der Waals surface area (Å²) in [5.41, 5.74) is 1.67. The van der Waals surface area contributed by atoms with E-state index < -0.39 is 0 Å². The highest BCUT2D eigenvalue weighted by Gasteiger charge is 2.18. The van der Waals surface area contributed by atoms with Crippen LogP contribution >= 0.6 is 22.6 Å². The lowest BCUT2D eigenvalue weighted by molar-refractivity contribution is -0.142. The van der Waals surface area contributed by atoms with Crippen molar-refractivity contribution >= 4 is 34.3 Å². The number of methoxy groups -OCH3 is 1. The first kappa shape index (κ1) is 15.1. The number of carbonyl (C=O) groups is 2. The SMILES string of the molecule is COC(=O)C(Cc1ccc(C(C)=O)cc1)NCI. The molecular formula is C13H16INO3. The molecule has 0 spiro atoms. The molecule has 1 aromatic carbocycles. The van der Waals surface area contributed by atoms with Crippen molar-refractivity contribution in [2.75, 3.05) is 11.7 Å². The van der Waals surface area contributed by atoms with Gasteiger partial charge in [-0.3, -0.25) is 14.9 Å². The summed E-state index contributed by atoms with van der Waals surface area (Å²) in [4.78, 5) is 22.7. The van der Waals surface area contributed by atoms with Crippen LogP contribution in [0.4, 0.5) is 0 Å². The molecule has 0 aromatic heterocycles. The van der Waals surface area contributed by atoms with Gasteiger partial charge in [0.05, 0.1) is 7.11 Å². The summed E-state index contributed by atoms with van der Waals surface area (Å²) in [5.74, 6) is -0.237. The molecule has 98 valence electrons. The summed E-state index contributed by atoms with van der Waals surface area (Å²) in [7, 11) is 1.38. The van der Waals surface area contributed by atoms with E-state index in [4.69, 9.17) is 4.74 Å². The van der Waals surface area contributed by atoms with Crippen molar-refractivity contribution in [1.29, 1.82) is 0 Å². The van der Waals surface area contributed by atoms with Gasteiger partial charge >= 0.3 is 5.97 Å². The molecule has 1 N–H and O–H groups in total. The van der Waals surface area contributed by atoms with Crippen molar-refractivity contribution in [3.8, 4) is 0 Å². The molecule has 0 bridgehead atoms. The first-order valence-corrected chi connectivity index (χ1v) is 7.08. The summed E-state index contributed by atoms with van der Waals surface area (Å²) >= 11 is 2.15. The Kier molecular flexibility index (Phi) is 6.28. The fraction of sp³-hybridized carbons (Fsp3) is 0.385. The van der Waals surface area contributed by atoms with E-state index in [1.54, 1.807) is 12.1 Å². The Labute approximate surface area is 120 Å². The van der Waals surface area contributed by atoms with Crippen molar-refractivity contribution in [2.24, 2.45) is 0 Å². The number of Topliss-reactive ketones (excluding diaryl/α,β-unsaturated/α-hetero) is 1. The van der Waals surface area contributed by atoms with Gasteiger partial charge in [-0.2, -0.15) is 0 Å². The Morgan fingerprint density at radius 1 is 1.33 bits per heavy atom. The van der Waals surface area contributed by atoms with E-state index in [0.717, 1.165) is 5.56 Å². The second-order valence-corrected chi connectivity index (χ2v) is 4.63. The molecule has 0 heterocycles. The van der Waals surface area contributed by atoms with Crippen molar-refractivity contribution in [3.63, 3.8) is 0 Å². The molecule has 0 saturated carbocycles. The number of carbonyl (C=O) groups excluding carboxylic acids is 2. The van der Waals surface area contributed by atoms with Crippen LogP contribution in [0.5, 0.6) is 0 Å². The molecule has 0 saturated heterocycles. The van der Waals surface area contributed by atoms with Crippen LogP contribution in [-0.4, -0.2) is 29.5 Å². The molecule has 0 aliphatic heterocycles. The summed E-state index contributed by atoms with van der Waals surface area (Å²) < 4.78 is 5.41. The van der Waals surface area contributed by atoms with Crippen LogP contribution < -0.4 is 5.32 Å². The summed E-state index contributed by atoms with van der Waals surface area (Å²) in [6.07, 6.45) is 0.549. The highest BCUT2D eigenvalue weighted by molar-refractivity contribution is 14.1. The van der Waals surface area contributed by atoms with Crippen molar-refractivity contribution in [2.45, 2.75) is 19.4 Å². The van der Waals surface area contributed by atoms with Crippen LogP contribution in [0, 0.1) is 0 Å². The van der Waals surface area contributed by atoms with Crippen LogP contribution in [0.1, 0.15) is 22.8 Å². The first-order chi connectivity index (χ1) is 8.58. The van der Waals surface area contributed by atoms with Gasteiger partial charge in [0.25, 0.3) is 0 Å². The average molecular weight is 361 g/mol.